The standard InChI is InChI=1S/C17H17ClFN/c1-11-10-15(8-9-16(11)19)20-17(12-2-3-12)13-4-6-14(18)7-5-13/h4-10,12,17,20H,2-3H2,1H3. The van der Waals surface area contributed by atoms with Crippen molar-refractivity contribution in [3.63, 3.8) is 0 Å². The molecule has 0 aromatic heterocycles. The van der Waals surface area contributed by atoms with Gasteiger partial charge in [0.25, 0.3) is 0 Å². The topological polar surface area (TPSA) is 12.0 Å². The van der Waals surface area contributed by atoms with Crippen molar-refractivity contribution in [3.8, 4) is 0 Å². The molecule has 2 aromatic carbocycles. The van der Waals surface area contributed by atoms with E-state index in [0.717, 1.165) is 10.7 Å². The van der Waals surface area contributed by atoms with Crippen molar-refractivity contribution in [1.82, 2.24) is 0 Å². The number of benzene rings is 2. The van der Waals surface area contributed by atoms with Crippen molar-refractivity contribution in [2.45, 2.75) is 25.8 Å². The van der Waals surface area contributed by atoms with Crippen LogP contribution in [0.4, 0.5) is 10.1 Å². The zero-order valence-corrected chi connectivity index (χ0v) is 12.1. The molecule has 1 fully saturated rings. The number of aryl methyl sites for hydroxylation is 1. The van der Waals surface area contributed by atoms with Crippen LogP contribution in [0.15, 0.2) is 42.5 Å². The van der Waals surface area contributed by atoms with E-state index >= 15 is 0 Å². The lowest BCUT2D eigenvalue weighted by Gasteiger charge is -2.20. The fourth-order valence-electron chi connectivity index (χ4n) is 2.49. The molecule has 1 N–H and O–H groups in total. The number of anilines is 1. The average Bonchev–Trinajstić information content (AvgIpc) is 3.26. The van der Waals surface area contributed by atoms with Crippen molar-refractivity contribution < 1.29 is 4.39 Å². The van der Waals surface area contributed by atoms with E-state index in [1.165, 1.54) is 24.5 Å². The first-order chi connectivity index (χ1) is 9.63. The van der Waals surface area contributed by atoms with Crippen LogP contribution in [0, 0.1) is 18.7 Å². The van der Waals surface area contributed by atoms with Crippen LogP contribution in [-0.2, 0) is 0 Å². The van der Waals surface area contributed by atoms with Gasteiger partial charge in [-0.2, -0.15) is 0 Å². The summed E-state index contributed by atoms with van der Waals surface area (Å²) in [5.41, 5.74) is 2.87. The summed E-state index contributed by atoms with van der Waals surface area (Å²) in [6, 6.07) is 13.4. The van der Waals surface area contributed by atoms with Crippen molar-refractivity contribution in [1.29, 1.82) is 0 Å². The van der Waals surface area contributed by atoms with Gasteiger partial charge in [0.15, 0.2) is 0 Å². The highest BCUT2D eigenvalue weighted by Gasteiger charge is 2.32. The van der Waals surface area contributed by atoms with Gasteiger partial charge in [0.05, 0.1) is 6.04 Å². The molecule has 1 atom stereocenters. The van der Waals surface area contributed by atoms with Gasteiger partial charge >= 0.3 is 0 Å². The first-order valence-electron chi connectivity index (χ1n) is 6.91. The van der Waals surface area contributed by atoms with Crippen molar-refractivity contribution in [2.75, 3.05) is 5.32 Å². The minimum Gasteiger partial charge on any atom is -0.378 e. The van der Waals surface area contributed by atoms with Crippen LogP contribution < -0.4 is 5.32 Å². The molecule has 0 radical (unpaired) electrons. The third-order valence-electron chi connectivity index (χ3n) is 3.80. The number of rotatable bonds is 4. The molecule has 0 bridgehead atoms. The number of halogens is 2. The van der Waals surface area contributed by atoms with Gasteiger partial charge in [0, 0.05) is 10.7 Å². The van der Waals surface area contributed by atoms with Crippen LogP contribution in [0.2, 0.25) is 5.02 Å². The van der Waals surface area contributed by atoms with Crippen LogP contribution in [0.1, 0.15) is 30.0 Å². The summed E-state index contributed by atoms with van der Waals surface area (Å²) in [6.07, 6.45) is 2.47. The van der Waals surface area contributed by atoms with Crippen molar-refractivity contribution >= 4 is 17.3 Å². The molecule has 3 rings (SSSR count). The molecular weight excluding hydrogens is 273 g/mol. The molecule has 0 amide bonds. The predicted molar refractivity (Wildman–Crippen MR) is 81.7 cm³/mol. The summed E-state index contributed by atoms with van der Waals surface area (Å²) in [7, 11) is 0. The Labute approximate surface area is 123 Å². The smallest absolute Gasteiger partial charge is 0.126 e. The van der Waals surface area contributed by atoms with Gasteiger partial charge in [0.2, 0.25) is 0 Å². The van der Waals surface area contributed by atoms with E-state index in [2.05, 4.69) is 17.4 Å². The van der Waals surface area contributed by atoms with Crippen LogP contribution in [0.3, 0.4) is 0 Å². The van der Waals surface area contributed by atoms with Gasteiger partial charge in [-0.05, 0) is 67.1 Å². The maximum Gasteiger partial charge on any atom is 0.126 e. The third kappa shape index (κ3) is 2.96. The summed E-state index contributed by atoms with van der Waals surface area (Å²) >= 11 is 5.95. The lowest BCUT2D eigenvalue weighted by Crippen LogP contribution is -2.13. The van der Waals surface area contributed by atoms with Crippen LogP contribution in [-0.4, -0.2) is 0 Å². The lowest BCUT2D eigenvalue weighted by atomic mass is 10.0. The predicted octanol–water partition coefficient (Wildman–Crippen LogP) is 5.35. The van der Waals surface area contributed by atoms with Gasteiger partial charge in [-0.15, -0.1) is 0 Å². The summed E-state index contributed by atoms with van der Waals surface area (Å²) < 4.78 is 13.3. The van der Waals surface area contributed by atoms with Crippen molar-refractivity contribution in [2.24, 2.45) is 5.92 Å². The molecule has 1 aliphatic carbocycles. The molecule has 1 saturated carbocycles. The van der Waals surface area contributed by atoms with Crippen LogP contribution in [0.5, 0.6) is 0 Å². The second-order valence-corrected chi connectivity index (χ2v) is 5.91. The Hall–Kier alpha value is -1.54. The van der Waals surface area contributed by atoms with Crippen molar-refractivity contribution in [3.05, 3.63) is 64.4 Å². The maximum atomic E-state index is 13.3. The zero-order valence-electron chi connectivity index (χ0n) is 11.4. The van der Waals surface area contributed by atoms with E-state index in [-0.39, 0.29) is 11.9 Å². The Morgan fingerprint density at radius 1 is 1.15 bits per heavy atom. The normalized spacial score (nSPS) is 15.9. The van der Waals surface area contributed by atoms with E-state index in [1.807, 2.05) is 18.2 Å². The molecule has 0 aliphatic heterocycles. The van der Waals surface area contributed by atoms with Gasteiger partial charge in [-0.1, -0.05) is 23.7 Å². The molecule has 1 aliphatic rings. The second-order valence-electron chi connectivity index (χ2n) is 5.47. The molecule has 3 heteroatoms. The van der Waals surface area contributed by atoms with Gasteiger partial charge in [0.1, 0.15) is 5.82 Å². The Morgan fingerprint density at radius 3 is 2.45 bits per heavy atom. The zero-order chi connectivity index (χ0) is 14.1. The molecule has 1 unspecified atom stereocenters. The van der Waals surface area contributed by atoms with E-state index in [9.17, 15) is 4.39 Å². The summed E-state index contributed by atoms with van der Waals surface area (Å²) in [5, 5.41) is 4.29. The summed E-state index contributed by atoms with van der Waals surface area (Å²) in [5.74, 6) is 0.492. The lowest BCUT2D eigenvalue weighted by molar-refractivity contribution is 0.618. The maximum absolute atomic E-state index is 13.3. The SMILES string of the molecule is Cc1cc(NC(c2ccc(Cl)cc2)C2CC2)ccc1F. The monoisotopic (exact) mass is 289 g/mol. The largest absolute Gasteiger partial charge is 0.378 e. The highest BCUT2D eigenvalue weighted by molar-refractivity contribution is 6.30. The van der Waals surface area contributed by atoms with E-state index in [0.29, 0.717) is 11.5 Å². The fourth-order valence-corrected chi connectivity index (χ4v) is 2.61. The highest BCUT2D eigenvalue weighted by Crippen LogP contribution is 2.43. The first kappa shape index (κ1) is 13.4. The van der Waals surface area contributed by atoms with Gasteiger partial charge in [-0.3, -0.25) is 0 Å². The van der Waals surface area contributed by atoms with Gasteiger partial charge < -0.3 is 5.32 Å². The third-order valence-corrected chi connectivity index (χ3v) is 4.05. The molecule has 0 spiro atoms. The number of hydrogen-bond donors (Lipinski definition) is 1. The quantitative estimate of drug-likeness (QED) is 0.800. The number of nitrogens with one attached hydrogen (secondary N) is 1. The molecule has 104 valence electrons. The fraction of sp³-hybridized carbons (Fsp3) is 0.294. The second kappa shape index (κ2) is 5.45. The summed E-state index contributed by atoms with van der Waals surface area (Å²) in [4.78, 5) is 0. The van der Waals surface area contributed by atoms with E-state index < -0.39 is 0 Å². The minimum atomic E-state index is -0.162. The Morgan fingerprint density at radius 2 is 1.85 bits per heavy atom. The summed E-state index contributed by atoms with van der Waals surface area (Å²) in [6.45, 7) is 1.79. The Bertz CT molecular complexity index is 605. The molecule has 0 saturated heterocycles. The minimum absolute atomic E-state index is 0.162. The molecule has 2 aromatic rings. The Balaban J connectivity index is 1.84. The molecule has 20 heavy (non-hydrogen) atoms. The number of hydrogen-bond acceptors (Lipinski definition) is 1. The van der Waals surface area contributed by atoms with Crippen LogP contribution >= 0.6 is 11.6 Å². The van der Waals surface area contributed by atoms with E-state index in [1.54, 1.807) is 13.0 Å². The molecule has 0 heterocycles. The van der Waals surface area contributed by atoms with Gasteiger partial charge in [-0.25, -0.2) is 4.39 Å². The van der Waals surface area contributed by atoms with Crippen LogP contribution in [0.25, 0.3) is 0 Å². The van der Waals surface area contributed by atoms with E-state index in [4.69, 9.17) is 11.6 Å². The Kier molecular flexibility index (Phi) is 3.66. The first-order valence-corrected chi connectivity index (χ1v) is 7.29. The molecular formula is C17H17ClFN. The highest BCUT2D eigenvalue weighted by atomic mass is 35.5. The molecule has 1 nitrogen and oxygen atoms in total. The average molecular weight is 290 g/mol.